The van der Waals surface area contributed by atoms with Crippen LogP contribution in [0.25, 0.3) is 0 Å². The van der Waals surface area contributed by atoms with Crippen LogP contribution in [0.2, 0.25) is 0 Å². The Labute approximate surface area is 364 Å². The topological polar surface area (TPSA) is 158 Å². The highest BCUT2D eigenvalue weighted by Crippen LogP contribution is 2.72. The number of rotatable bonds is 12. The first kappa shape index (κ1) is 40.8. The number of carbonyl (C=O) groups is 6. The largest absolute Gasteiger partial charge is 0.462 e. The lowest BCUT2D eigenvalue weighted by molar-refractivity contribution is 0.0478. The van der Waals surface area contributed by atoms with Crippen molar-refractivity contribution in [1.82, 2.24) is 0 Å². The number of benzene rings is 4. The van der Waals surface area contributed by atoms with E-state index in [2.05, 4.69) is 0 Å². The summed E-state index contributed by atoms with van der Waals surface area (Å²) in [5, 5.41) is 0. The van der Waals surface area contributed by atoms with Crippen molar-refractivity contribution < 1.29 is 57.2 Å². The molecule has 0 radical (unpaired) electrons. The maximum Gasteiger partial charge on any atom is 0.339 e. The predicted octanol–water partition coefficient (Wildman–Crippen LogP) is 8.69. The Morgan fingerprint density at radius 1 is 0.317 bits per heavy atom. The van der Waals surface area contributed by atoms with E-state index in [0.717, 1.165) is 52.6 Å². The zero-order chi connectivity index (χ0) is 44.2. The van der Waals surface area contributed by atoms with Gasteiger partial charge in [-0.05, 0) is 164 Å². The smallest absolute Gasteiger partial charge is 0.339 e. The highest BCUT2D eigenvalue weighted by atomic mass is 16.6. The van der Waals surface area contributed by atoms with Crippen LogP contribution in [0.5, 0.6) is 0 Å². The summed E-state index contributed by atoms with van der Waals surface area (Å²) in [4.78, 5) is 81.1. The lowest BCUT2D eigenvalue weighted by Crippen LogP contribution is -2.22. The van der Waals surface area contributed by atoms with Gasteiger partial charge in [-0.3, -0.25) is 0 Å². The van der Waals surface area contributed by atoms with Crippen molar-refractivity contribution in [3.8, 4) is 0 Å². The number of fused-ring (bicyclic) bond motifs is 27. The van der Waals surface area contributed by atoms with Crippen LogP contribution in [0.1, 0.15) is 225 Å². The van der Waals surface area contributed by atoms with Gasteiger partial charge in [-0.1, -0.05) is 0 Å². The number of carbonyl (C=O) groups excluding carboxylic acids is 6. The van der Waals surface area contributed by atoms with Crippen molar-refractivity contribution in [1.29, 1.82) is 0 Å². The van der Waals surface area contributed by atoms with E-state index in [1.165, 1.54) is 33.4 Å². The Morgan fingerprint density at radius 2 is 0.460 bits per heavy atom. The van der Waals surface area contributed by atoms with Crippen molar-refractivity contribution in [2.24, 2.45) is 0 Å². The Kier molecular flexibility index (Phi) is 9.83. The normalized spacial score (nSPS) is 21.4. The average molecular weight is 853 g/mol. The third-order valence-electron chi connectivity index (χ3n) is 14.1. The molecule has 0 N–H and O–H groups in total. The van der Waals surface area contributed by atoms with Crippen LogP contribution >= 0.6 is 0 Å². The molecule has 6 atom stereocenters. The number of ether oxygens (including phenoxy) is 6. The van der Waals surface area contributed by atoms with Crippen LogP contribution in [0.4, 0.5) is 0 Å². The Balaban J connectivity index is 1.22. The second-order valence-electron chi connectivity index (χ2n) is 16.9. The van der Waals surface area contributed by atoms with Gasteiger partial charge in [-0.25, -0.2) is 28.8 Å². The lowest BCUT2D eigenvalue weighted by Gasteiger charge is -2.35. The summed E-state index contributed by atoms with van der Waals surface area (Å²) in [6, 6.07) is 11.0. The molecule has 0 heterocycles. The molecule has 0 saturated carbocycles. The minimum Gasteiger partial charge on any atom is -0.462 e. The third-order valence-corrected chi connectivity index (χ3v) is 14.1. The van der Waals surface area contributed by atoms with Gasteiger partial charge in [0.05, 0.1) is 73.0 Å². The SMILES string of the molecule is CCOC(=O)c1cc2c(cc1C(=O)OCC)C1CC2c2c3c(c4c(c21)C1CC4c2cc(C(=O)OCC)c(C(=O)OCC)cc21)C1CC3c2cc(C(=O)OCC)c(C(=O)OCC)cc21. The zero-order valence-electron chi connectivity index (χ0n) is 36.2. The maximum atomic E-state index is 13.5. The van der Waals surface area contributed by atoms with Gasteiger partial charge >= 0.3 is 35.8 Å². The molecular weight excluding hydrogens is 805 g/mol. The molecule has 4 aromatic rings. The molecule has 10 rings (SSSR count). The summed E-state index contributed by atoms with van der Waals surface area (Å²) in [5.74, 6) is -4.14. The summed E-state index contributed by atoms with van der Waals surface area (Å²) >= 11 is 0. The molecule has 4 aromatic carbocycles. The van der Waals surface area contributed by atoms with Gasteiger partial charge in [0.1, 0.15) is 0 Å². The van der Waals surface area contributed by atoms with E-state index in [0.29, 0.717) is 0 Å². The molecule has 324 valence electrons. The van der Waals surface area contributed by atoms with Crippen LogP contribution in [0.15, 0.2) is 36.4 Å². The standard InChI is InChI=1S/C51H48O12/c1-7-58-46(52)34-13-22-23(14-35(34)47(53)59-8-2)29-19-28(22)40-41(29)43-31-21-33(27-18-39(51(57)63-12-6)38(17-26(27)31)50(56)62-11-5)45(43)44-32-20-30(42(40)44)24-15-36(48(54)60-9-3)37(16-25(24)32)49(55)61-10-4/h13-18,28-33H,7-12,19-21H2,1-6H3. The minimum absolute atomic E-state index is 0.102. The highest BCUT2D eigenvalue weighted by molar-refractivity contribution is 6.06. The van der Waals surface area contributed by atoms with Crippen molar-refractivity contribution in [3.05, 3.63) is 137 Å². The van der Waals surface area contributed by atoms with Crippen LogP contribution in [0.3, 0.4) is 0 Å². The van der Waals surface area contributed by atoms with E-state index in [1.807, 2.05) is 36.4 Å². The summed E-state index contributed by atoms with van der Waals surface area (Å²) in [5.41, 5.74) is 14.2. The van der Waals surface area contributed by atoms with Crippen molar-refractivity contribution in [2.75, 3.05) is 39.6 Å². The van der Waals surface area contributed by atoms with E-state index < -0.39 is 35.8 Å². The molecule has 0 aliphatic heterocycles. The summed E-state index contributed by atoms with van der Waals surface area (Å²) in [6.07, 6.45) is 2.22. The molecule has 0 spiro atoms. The van der Waals surface area contributed by atoms with E-state index >= 15 is 0 Å². The molecule has 6 aliphatic carbocycles. The molecule has 12 nitrogen and oxygen atoms in total. The molecule has 63 heavy (non-hydrogen) atoms. The first-order valence-electron chi connectivity index (χ1n) is 22.3. The quantitative estimate of drug-likeness (QED) is 0.0988. The van der Waals surface area contributed by atoms with Gasteiger partial charge in [-0.2, -0.15) is 0 Å². The summed E-state index contributed by atoms with van der Waals surface area (Å²) in [7, 11) is 0. The fourth-order valence-corrected chi connectivity index (χ4v) is 12.2. The summed E-state index contributed by atoms with van der Waals surface area (Å²) < 4.78 is 32.9. The molecule has 0 saturated heterocycles. The monoisotopic (exact) mass is 852 g/mol. The van der Waals surface area contributed by atoms with E-state index in [1.54, 1.807) is 41.5 Å². The molecule has 6 unspecified atom stereocenters. The van der Waals surface area contributed by atoms with E-state index in [9.17, 15) is 28.8 Å². The van der Waals surface area contributed by atoms with Crippen LogP contribution in [-0.4, -0.2) is 75.5 Å². The second-order valence-corrected chi connectivity index (χ2v) is 16.9. The summed E-state index contributed by atoms with van der Waals surface area (Å²) in [6.45, 7) is 11.2. The van der Waals surface area contributed by atoms with Gasteiger partial charge in [0.2, 0.25) is 0 Å². The molecule has 12 heteroatoms. The van der Waals surface area contributed by atoms with E-state index in [4.69, 9.17) is 28.4 Å². The molecule has 0 aromatic heterocycles. The number of hydrogen-bond donors (Lipinski definition) is 0. The first-order chi connectivity index (χ1) is 30.5. The van der Waals surface area contributed by atoms with Crippen molar-refractivity contribution in [2.45, 2.75) is 96.3 Å². The Bertz CT molecular complexity index is 2250. The van der Waals surface area contributed by atoms with Gasteiger partial charge < -0.3 is 28.4 Å². The molecule has 0 amide bonds. The van der Waals surface area contributed by atoms with Gasteiger partial charge in [-0.15, -0.1) is 0 Å². The predicted molar refractivity (Wildman–Crippen MR) is 226 cm³/mol. The average Bonchev–Trinajstić information content (AvgIpc) is 4.13. The second kappa shape index (κ2) is 15.2. The molecular formula is C51H48O12. The zero-order valence-corrected chi connectivity index (χ0v) is 36.2. The Morgan fingerprint density at radius 3 is 0.587 bits per heavy atom. The van der Waals surface area contributed by atoms with Crippen molar-refractivity contribution >= 4 is 35.8 Å². The molecule has 6 bridgehead atoms. The highest BCUT2D eigenvalue weighted by Gasteiger charge is 2.57. The fourth-order valence-electron chi connectivity index (χ4n) is 12.2. The van der Waals surface area contributed by atoms with Gasteiger partial charge in [0.15, 0.2) is 0 Å². The maximum absolute atomic E-state index is 13.5. The van der Waals surface area contributed by atoms with Crippen LogP contribution < -0.4 is 0 Å². The first-order valence-corrected chi connectivity index (χ1v) is 22.3. The number of hydrogen-bond acceptors (Lipinski definition) is 12. The number of esters is 6. The van der Waals surface area contributed by atoms with Gasteiger partial charge in [0, 0.05) is 35.5 Å². The Hall–Kier alpha value is -6.30. The molecule has 0 fully saturated rings. The molecule has 6 aliphatic rings. The lowest BCUT2D eigenvalue weighted by atomic mass is 9.68. The van der Waals surface area contributed by atoms with Crippen LogP contribution in [-0.2, 0) is 28.4 Å². The third kappa shape index (κ3) is 5.71. The van der Waals surface area contributed by atoms with Crippen LogP contribution in [0, 0.1) is 0 Å². The minimum atomic E-state index is -0.587. The van der Waals surface area contributed by atoms with Crippen molar-refractivity contribution in [3.63, 3.8) is 0 Å². The van der Waals surface area contributed by atoms with E-state index in [-0.39, 0.29) is 109 Å². The fraction of sp³-hybridized carbons (Fsp3) is 0.412. The van der Waals surface area contributed by atoms with Gasteiger partial charge in [0.25, 0.3) is 0 Å².